The summed E-state index contributed by atoms with van der Waals surface area (Å²) >= 11 is 5.81. The van der Waals surface area contributed by atoms with Crippen molar-refractivity contribution in [2.24, 2.45) is 0 Å². The van der Waals surface area contributed by atoms with E-state index in [1.165, 1.54) is 6.20 Å². The summed E-state index contributed by atoms with van der Waals surface area (Å²) in [5, 5.41) is 2.49. The molecule has 3 aromatic rings. The molecule has 0 spiro atoms. The third-order valence-corrected chi connectivity index (χ3v) is 3.21. The molecule has 0 saturated heterocycles. The fourth-order valence-corrected chi connectivity index (χ4v) is 2.21. The number of carbonyl (C=O) groups excluding carboxylic acids is 1. The molecule has 2 aromatic carbocycles. The van der Waals surface area contributed by atoms with E-state index in [1.54, 1.807) is 12.1 Å². The standard InChI is InChI=1S/C16H10ClNO/c17-15-10-14(7-8-18-15)16(19)13-6-5-11-3-1-2-4-12(11)9-13/h1-10H. The summed E-state index contributed by atoms with van der Waals surface area (Å²) in [6.07, 6.45) is 1.54. The molecule has 0 aliphatic heterocycles. The summed E-state index contributed by atoms with van der Waals surface area (Å²) in [6.45, 7) is 0. The molecule has 92 valence electrons. The number of fused-ring (bicyclic) bond motifs is 1. The molecular weight excluding hydrogens is 258 g/mol. The van der Waals surface area contributed by atoms with Gasteiger partial charge in [0.05, 0.1) is 0 Å². The third-order valence-electron chi connectivity index (χ3n) is 3.00. The molecule has 1 aromatic heterocycles. The molecule has 0 radical (unpaired) electrons. The Morgan fingerprint density at radius 2 is 1.63 bits per heavy atom. The summed E-state index contributed by atoms with van der Waals surface area (Å²) in [7, 11) is 0. The maximum absolute atomic E-state index is 12.4. The lowest BCUT2D eigenvalue weighted by Crippen LogP contribution is -2.01. The molecule has 0 fully saturated rings. The minimum atomic E-state index is -0.0462. The summed E-state index contributed by atoms with van der Waals surface area (Å²) in [6, 6.07) is 16.9. The Kier molecular flexibility index (Phi) is 3.02. The predicted molar refractivity (Wildman–Crippen MR) is 76.6 cm³/mol. The maximum Gasteiger partial charge on any atom is 0.193 e. The molecule has 3 rings (SSSR count). The number of nitrogens with zero attached hydrogens (tertiary/aromatic N) is 1. The van der Waals surface area contributed by atoms with Crippen LogP contribution in [0.25, 0.3) is 10.8 Å². The first-order valence-electron chi connectivity index (χ1n) is 5.89. The highest BCUT2D eigenvalue weighted by Gasteiger charge is 2.10. The van der Waals surface area contributed by atoms with Crippen molar-refractivity contribution < 1.29 is 4.79 Å². The van der Waals surface area contributed by atoms with Gasteiger partial charge in [-0.3, -0.25) is 4.79 Å². The molecule has 0 unspecified atom stereocenters. The largest absolute Gasteiger partial charge is 0.289 e. The molecule has 0 aliphatic carbocycles. The first-order chi connectivity index (χ1) is 9.24. The number of halogens is 1. The highest BCUT2D eigenvalue weighted by Crippen LogP contribution is 2.19. The maximum atomic E-state index is 12.4. The molecule has 0 N–H and O–H groups in total. The number of pyridine rings is 1. The Bertz CT molecular complexity index is 767. The topological polar surface area (TPSA) is 30.0 Å². The minimum absolute atomic E-state index is 0.0462. The predicted octanol–water partition coefficient (Wildman–Crippen LogP) is 4.12. The van der Waals surface area contributed by atoms with E-state index in [4.69, 9.17) is 11.6 Å². The van der Waals surface area contributed by atoms with E-state index in [9.17, 15) is 4.79 Å². The van der Waals surface area contributed by atoms with Crippen LogP contribution in [0, 0.1) is 0 Å². The van der Waals surface area contributed by atoms with Crippen LogP contribution in [0.1, 0.15) is 15.9 Å². The van der Waals surface area contributed by atoms with E-state index in [1.807, 2.05) is 42.5 Å². The van der Waals surface area contributed by atoms with Crippen molar-refractivity contribution in [2.75, 3.05) is 0 Å². The first-order valence-corrected chi connectivity index (χ1v) is 6.27. The molecule has 2 nitrogen and oxygen atoms in total. The van der Waals surface area contributed by atoms with Crippen molar-refractivity contribution in [1.29, 1.82) is 0 Å². The molecular formula is C16H10ClNO. The van der Waals surface area contributed by atoms with Gasteiger partial charge in [0, 0.05) is 17.3 Å². The summed E-state index contributed by atoms with van der Waals surface area (Å²) in [5.74, 6) is -0.0462. The van der Waals surface area contributed by atoms with Crippen LogP contribution < -0.4 is 0 Å². The second-order valence-corrected chi connectivity index (χ2v) is 4.65. The smallest absolute Gasteiger partial charge is 0.193 e. The van der Waals surface area contributed by atoms with E-state index in [0.717, 1.165) is 10.8 Å². The number of benzene rings is 2. The van der Waals surface area contributed by atoms with Crippen LogP contribution in [-0.4, -0.2) is 10.8 Å². The quantitative estimate of drug-likeness (QED) is 0.516. The Balaban J connectivity index is 2.06. The zero-order valence-electron chi connectivity index (χ0n) is 10.0. The van der Waals surface area contributed by atoms with Crippen LogP contribution in [0.4, 0.5) is 0 Å². The van der Waals surface area contributed by atoms with Crippen molar-refractivity contribution in [3.05, 3.63) is 77.1 Å². The molecule has 1 heterocycles. The SMILES string of the molecule is O=C(c1ccnc(Cl)c1)c1ccc2ccccc2c1. The van der Waals surface area contributed by atoms with Gasteiger partial charge in [-0.1, -0.05) is 48.0 Å². The highest BCUT2D eigenvalue weighted by molar-refractivity contribution is 6.30. The monoisotopic (exact) mass is 267 g/mol. The van der Waals surface area contributed by atoms with Gasteiger partial charge < -0.3 is 0 Å². The van der Waals surface area contributed by atoms with Crippen LogP contribution in [0.15, 0.2) is 60.8 Å². The van der Waals surface area contributed by atoms with E-state index in [-0.39, 0.29) is 5.78 Å². The lowest BCUT2D eigenvalue weighted by molar-refractivity contribution is 0.103. The normalized spacial score (nSPS) is 10.6. The lowest BCUT2D eigenvalue weighted by atomic mass is 10.0. The second-order valence-electron chi connectivity index (χ2n) is 4.26. The summed E-state index contributed by atoms with van der Waals surface area (Å²) in [4.78, 5) is 16.2. The van der Waals surface area contributed by atoms with Gasteiger partial charge >= 0.3 is 0 Å². The van der Waals surface area contributed by atoms with Crippen LogP contribution in [0.2, 0.25) is 5.15 Å². The number of aromatic nitrogens is 1. The van der Waals surface area contributed by atoms with Crippen molar-refractivity contribution in [3.63, 3.8) is 0 Å². The van der Waals surface area contributed by atoms with E-state index < -0.39 is 0 Å². The van der Waals surface area contributed by atoms with E-state index >= 15 is 0 Å². The van der Waals surface area contributed by atoms with Gasteiger partial charge in [-0.15, -0.1) is 0 Å². The molecule has 0 saturated carbocycles. The average molecular weight is 268 g/mol. The number of hydrogen-bond donors (Lipinski definition) is 0. The van der Waals surface area contributed by atoms with Crippen molar-refractivity contribution in [2.45, 2.75) is 0 Å². The van der Waals surface area contributed by atoms with Crippen LogP contribution in [0.5, 0.6) is 0 Å². The van der Waals surface area contributed by atoms with Crippen molar-refractivity contribution in [1.82, 2.24) is 4.98 Å². The molecule has 3 heteroatoms. The van der Waals surface area contributed by atoms with Gasteiger partial charge in [-0.25, -0.2) is 4.98 Å². The van der Waals surface area contributed by atoms with E-state index in [0.29, 0.717) is 16.3 Å². The molecule has 0 aliphatic rings. The summed E-state index contributed by atoms with van der Waals surface area (Å²) < 4.78 is 0. The molecule has 0 bridgehead atoms. The summed E-state index contributed by atoms with van der Waals surface area (Å²) in [5.41, 5.74) is 1.20. The zero-order chi connectivity index (χ0) is 13.2. The fraction of sp³-hybridized carbons (Fsp3) is 0. The van der Waals surface area contributed by atoms with Crippen LogP contribution in [0.3, 0.4) is 0 Å². The Labute approximate surface area is 115 Å². The van der Waals surface area contributed by atoms with Crippen molar-refractivity contribution in [3.8, 4) is 0 Å². The third kappa shape index (κ3) is 2.35. The Hall–Kier alpha value is -2.19. The number of ketones is 1. The molecule has 0 atom stereocenters. The highest BCUT2D eigenvalue weighted by atomic mass is 35.5. The van der Waals surface area contributed by atoms with Crippen LogP contribution in [-0.2, 0) is 0 Å². The number of rotatable bonds is 2. The van der Waals surface area contributed by atoms with Gasteiger partial charge in [-0.2, -0.15) is 0 Å². The molecule has 19 heavy (non-hydrogen) atoms. The minimum Gasteiger partial charge on any atom is -0.289 e. The van der Waals surface area contributed by atoms with Gasteiger partial charge in [0.15, 0.2) is 5.78 Å². The zero-order valence-corrected chi connectivity index (χ0v) is 10.8. The van der Waals surface area contributed by atoms with E-state index in [2.05, 4.69) is 4.98 Å². The van der Waals surface area contributed by atoms with Gasteiger partial charge in [-0.05, 0) is 29.0 Å². The van der Waals surface area contributed by atoms with Gasteiger partial charge in [0.1, 0.15) is 5.15 Å². The average Bonchev–Trinajstić information content (AvgIpc) is 2.46. The van der Waals surface area contributed by atoms with Gasteiger partial charge in [0.2, 0.25) is 0 Å². The number of hydrogen-bond acceptors (Lipinski definition) is 2. The Morgan fingerprint density at radius 1 is 0.895 bits per heavy atom. The fourth-order valence-electron chi connectivity index (χ4n) is 2.04. The van der Waals surface area contributed by atoms with Crippen molar-refractivity contribution >= 4 is 28.2 Å². The molecule has 0 amide bonds. The Morgan fingerprint density at radius 3 is 2.42 bits per heavy atom. The van der Waals surface area contributed by atoms with Crippen LogP contribution >= 0.6 is 11.6 Å². The number of carbonyl (C=O) groups is 1. The lowest BCUT2D eigenvalue weighted by Gasteiger charge is -2.03. The first kappa shape index (κ1) is 11.9. The second kappa shape index (κ2) is 4.82. The van der Waals surface area contributed by atoms with Gasteiger partial charge in [0.25, 0.3) is 0 Å².